The molecule has 1 aromatic heterocycles. The van der Waals surface area contributed by atoms with E-state index in [4.69, 9.17) is 5.39 Å². The molecule has 9 heteroatoms. The third-order valence-electron chi connectivity index (χ3n) is 1.37. The fraction of sp³-hybridized carbons (Fsp3) is 0. The van der Waals surface area contributed by atoms with E-state index < -0.39 is 7.25 Å². The molecular weight excluding hydrogens is 245 g/mol. The van der Waals surface area contributed by atoms with Crippen molar-refractivity contribution in [2.45, 2.75) is 0 Å². The molecule has 0 N–H and O–H groups in total. The van der Waals surface area contributed by atoms with Crippen molar-refractivity contribution >= 4 is 33.9 Å². The van der Waals surface area contributed by atoms with Crippen LogP contribution >= 0.6 is 11.3 Å². The molecule has 0 bridgehead atoms. The van der Waals surface area contributed by atoms with Crippen molar-refractivity contribution < 1.29 is 17.3 Å². The Morgan fingerprint density at radius 3 is 2.25 bits per heavy atom. The van der Waals surface area contributed by atoms with Gasteiger partial charge >= 0.3 is 12.4 Å². The first-order valence-corrected chi connectivity index (χ1v) is 4.80. The highest BCUT2D eigenvalue weighted by Gasteiger charge is 2.20. The Hall–Kier alpha value is -1.69. The minimum atomic E-state index is -6.00. The van der Waals surface area contributed by atoms with Gasteiger partial charge in [-0.2, -0.15) is 0 Å². The van der Waals surface area contributed by atoms with E-state index in [1.165, 1.54) is 11.3 Å². The molecule has 0 saturated heterocycles. The summed E-state index contributed by atoms with van der Waals surface area (Å²) in [7, 11) is -6.00. The summed E-state index contributed by atoms with van der Waals surface area (Å²) in [6.07, 6.45) is 0. The zero-order valence-corrected chi connectivity index (χ0v) is 8.46. The fourth-order valence-corrected chi connectivity index (χ4v) is 1.65. The van der Waals surface area contributed by atoms with Crippen LogP contribution in [0, 0.1) is 5.39 Å². The fourth-order valence-electron chi connectivity index (χ4n) is 0.903. The Kier molecular flexibility index (Phi) is 3.79. The zero-order chi connectivity index (χ0) is 12.2. The summed E-state index contributed by atoms with van der Waals surface area (Å²) >= 11 is 1.37. The van der Waals surface area contributed by atoms with Crippen molar-refractivity contribution in [2.24, 2.45) is 0 Å². The minimum Gasteiger partial charge on any atom is -0.418 e. The SMILES string of the molecule is F[B-](F)(F)F.N#[N+]c1nc2ccccc2s1. The lowest BCUT2D eigenvalue weighted by atomic mass is 10.3. The van der Waals surface area contributed by atoms with Crippen LogP contribution in [0.15, 0.2) is 24.3 Å². The van der Waals surface area contributed by atoms with Crippen LogP contribution in [0.5, 0.6) is 0 Å². The molecule has 0 aliphatic rings. The molecule has 2 aromatic rings. The lowest BCUT2D eigenvalue weighted by molar-refractivity contribution is 0.368. The predicted octanol–water partition coefficient (Wildman–Crippen LogP) is 4.08. The Labute approximate surface area is 91.5 Å². The summed E-state index contributed by atoms with van der Waals surface area (Å²) < 4.78 is 40.0. The largest absolute Gasteiger partial charge is 0.673 e. The van der Waals surface area contributed by atoms with Gasteiger partial charge in [-0.05, 0) is 28.5 Å². The smallest absolute Gasteiger partial charge is 0.418 e. The van der Waals surface area contributed by atoms with E-state index in [9.17, 15) is 17.3 Å². The molecule has 2 rings (SSSR count). The number of thiazole rings is 1. The van der Waals surface area contributed by atoms with Crippen molar-refractivity contribution in [3.8, 4) is 0 Å². The molecule has 0 fully saturated rings. The lowest BCUT2D eigenvalue weighted by Crippen LogP contribution is -2.02. The third-order valence-corrected chi connectivity index (χ3v) is 2.29. The summed E-state index contributed by atoms with van der Waals surface area (Å²) in [4.78, 5) is 7.05. The minimum absolute atomic E-state index is 0.409. The first-order chi connectivity index (χ1) is 7.40. The molecule has 3 nitrogen and oxygen atoms in total. The van der Waals surface area contributed by atoms with Crippen LogP contribution in [-0.2, 0) is 0 Å². The average molecular weight is 249 g/mol. The van der Waals surface area contributed by atoms with Crippen molar-refractivity contribution in [1.82, 2.24) is 4.98 Å². The molecule has 0 saturated carbocycles. The van der Waals surface area contributed by atoms with Crippen LogP contribution in [0.4, 0.5) is 22.4 Å². The summed E-state index contributed by atoms with van der Waals surface area (Å²) in [5, 5.41) is 8.82. The first kappa shape index (κ1) is 12.4. The molecule has 84 valence electrons. The Morgan fingerprint density at radius 2 is 1.75 bits per heavy atom. The molecule has 0 unspecified atom stereocenters. The van der Waals surface area contributed by atoms with Gasteiger partial charge in [0.15, 0.2) is 5.52 Å². The topological polar surface area (TPSA) is 41.0 Å². The van der Waals surface area contributed by atoms with Crippen LogP contribution in [0.2, 0.25) is 0 Å². The van der Waals surface area contributed by atoms with Crippen molar-refractivity contribution in [1.29, 1.82) is 5.39 Å². The Balaban J connectivity index is 0.000000221. The van der Waals surface area contributed by atoms with Crippen LogP contribution in [0.3, 0.4) is 0 Å². The van der Waals surface area contributed by atoms with Crippen molar-refractivity contribution in [3.63, 3.8) is 0 Å². The van der Waals surface area contributed by atoms with E-state index in [0.29, 0.717) is 5.13 Å². The second-order valence-corrected chi connectivity index (χ2v) is 3.57. The van der Waals surface area contributed by atoms with Crippen LogP contribution in [0.25, 0.3) is 15.2 Å². The van der Waals surface area contributed by atoms with Crippen LogP contribution in [-0.4, -0.2) is 12.2 Å². The normalized spacial score (nSPS) is 10.4. The highest BCUT2D eigenvalue weighted by Crippen LogP contribution is 2.26. The maximum Gasteiger partial charge on any atom is 0.673 e. The number of diazo groups is 1. The molecular formula is C7H4BF4N3S. The van der Waals surface area contributed by atoms with Gasteiger partial charge in [0.05, 0.1) is 10.1 Å². The summed E-state index contributed by atoms with van der Waals surface area (Å²) in [5.41, 5.74) is 0.880. The summed E-state index contributed by atoms with van der Waals surface area (Å²) in [5.74, 6) is 0. The number of rotatable bonds is 0. The second kappa shape index (κ2) is 4.89. The van der Waals surface area contributed by atoms with E-state index in [2.05, 4.69) is 9.96 Å². The molecule has 0 aliphatic carbocycles. The van der Waals surface area contributed by atoms with Gasteiger partial charge in [0.1, 0.15) is 0 Å². The van der Waals surface area contributed by atoms with Gasteiger partial charge in [0.25, 0.3) is 0 Å². The monoisotopic (exact) mass is 249 g/mol. The summed E-state index contributed by atoms with van der Waals surface area (Å²) in [6, 6.07) is 7.67. The van der Waals surface area contributed by atoms with Gasteiger partial charge in [-0.1, -0.05) is 12.1 Å². The van der Waals surface area contributed by atoms with Gasteiger partial charge in [0, 0.05) is 4.98 Å². The highest BCUT2D eigenvalue weighted by atomic mass is 32.1. The number of fused-ring (bicyclic) bond motifs is 1. The van der Waals surface area contributed by atoms with Crippen LogP contribution < -0.4 is 0 Å². The third kappa shape index (κ3) is 4.23. The van der Waals surface area contributed by atoms with E-state index in [-0.39, 0.29) is 0 Å². The number of benzene rings is 1. The number of para-hydroxylation sites is 1. The molecule has 0 aliphatic heterocycles. The second-order valence-electron chi connectivity index (χ2n) is 2.56. The molecule has 1 heterocycles. The lowest BCUT2D eigenvalue weighted by Gasteiger charge is -1.94. The predicted molar refractivity (Wildman–Crippen MR) is 54.6 cm³/mol. The Morgan fingerprint density at radius 1 is 1.19 bits per heavy atom. The highest BCUT2D eigenvalue weighted by molar-refractivity contribution is 7.22. The molecule has 16 heavy (non-hydrogen) atoms. The van der Waals surface area contributed by atoms with Gasteiger partial charge < -0.3 is 17.3 Å². The van der Waals surface area contributed by atoms with Crippen molar-refractivity contribution in [2.75, 3.05) is 0 Å². The average Bonchev–Trinajstić information content (AvgIpc) is 2.57. The number of hydrogen-bond acceptors (Lipinski definition) is 3. The van der Waals surface area contributed by atoms with E-state index >= 15 is 0 Å². The van der Waals surface area contributed by atoms with Gasteiger partial charge in [0.2, 0.25) is 0 Å². The van der Waals surface area contributed by atoms with Gasteiger partial charge in [-0.3, -0.25) is 0 Å². The van der Waals surface area contributed by atoms with E-state index in [1.54, 1.807) is 0 Å². The molecule has 0 radical (unpaired) electrons. The Bertz CT molecular complexity index is 479. The van der Waals surface area contributed by atoms with Gasteiger partial charge in [-0.15, -0.1) is 0 Å². The number of hydrogen-bond donors (Lipinski definition) is 0. The molecule has 0 atom stereocenters. The van der Waals surface area contributed by atoms with Crippen LogP contribution in [0.1, 0.15) is 0 Å². The molecule has 0 spiro atoms. The quantitative estimate of drug-likeness (QED) is 0.401. The van der Waals surface area contributed by atoms with Gasteiger partial charge in [-0.25, -0.2) is 0 Å². The zero-order valence-electron chi connectivity index (χ0n) is 7.65. The number of nitrogens with zero attached hydrogens (tertiary/aromatic N) is 3. The molecule has 0 amide bonds. The molecule has 1 aromatic carbocycles. The van der Waals surface area contributed by atoms with Crippen molar-refractivity contribution in [3.05, 3.63) is 29.2 Å². The maximum atomic E-state index is 9.75. The van der Waals surface area contributed by atoms with E-state index in [0.717, 1.165) is 10.2 Å². The maximum absolute atomic E-state index is 9.75. The number of halogens is 4. The van der Waals surface area contributed by atoms with E-state index in [1.807, 2.05) is 24.3 Å². The number of aromatic nitrogens is 1. The standard InChI is InChI=1S/C7H4N3S.BF4/c8-10-7-9-5-3-1-2-4-6(5)11-7;2-1(3,4)5/h1-4H;/q+1;-1. The first-order valence-electron chi connectivity index (χ1n) is 3.98. The summed E-state index contributed by atoms with van der Waals surface area (Å²) in [6.45, 7) is 0.